The molecule has 0 spiro atoms. The van der Waals surface area contributed by atoms with Gasteiger partial charge in [0, 0.05) is 0 Å². The summed E-state index contributed by atoms with van der Waals surface area (Å²) in [5, 5.41) is 15.9. The topological polar surface area (TPSA) is 164 Å². The molecule has 0 aromatic rings. The lowest BCUT2D eigenvalue weighted by Gasteiger charge is -2.13. The van der Waals surface area contributed by atoms with Crippen molar-refractivity contribution in [2.75, 3.05) is 6.61 Å². The molecule has 0 saturated heterocycles. The highest BCUT2D eigenvalue weighted by atomic mass is 17.3. The summed E-state index contributed by atoms with van der Waals surface area (Å²) < 4.78 is 9.04. The first-order valence-corrected chi connectivity index (χ1v) is 8.14. The van der Waals surface area contributed by atoms with Crippen molar-refractivity contribution in [2.24, 2.45) is 5.92 Å². The molecule has 0 amide bonds. The van der Waals surface area contributed by atoms with Gasteiger partial charge in [0.1, 0.15) is 0 Å². The maximum absolute atomic E-state index is 10.8. The summed E-state index contributed by atoms with van der Waals surface area (Å²) in [6, 6.07) is 0. The number of hydrogen-bond acceptors (Lipinski definition) is 10. The second-order valence-corrected chi connectivity index (χ2v) is 5.26. The molecular weight excluding hydrogens is 372 g/mol. The van der Waals surface area contributed by atoms with E-state index in [2.05, 4.69) is 31.2 Å². The lowest BCUT2D eigenvalue weighted by atomic mass is 10.0. The highest BCUT2D eigenvalue weighted by molar-refractivity contribution is 5.62. The molecule has 0 radical (unpaired) electrons. The average Bonchev–Trinajstić information content (AvgIpc) is 2.58. The van der Waals surface area contributed by atoms with Gasteiger partial charge in [-0.25, -0.2) is 19.4 Å². The van der Waals surface area contributed by atoms with Gasteiger partial charge in [0.2, 0.25) is 0 Å². The van der Waals surface area contributed by atoms with Crippen molar-refractivity contribution in [3.63, 3.8) is 0 Å². The standard InChI is InChI=1S/C10H18O6.C5H8O6/c1-3-5-6-8(4-2)7-14-10(13)16-15-9(11)12;1-3(2)9-5(8)11-10-4(6)7/h8H,3-7H2,1-2H3,(H,11,12);3H,1-2H3,(H,6,7). The second kappa shape index (κ2) is 16.5. The molecule has 0 saturated carbocycles. The van der Waals surface area contributed by atoms with Crippen LogP contribution in [0, 0.1) is 5.92 Å². The minimum atomic E-state index is -1.70. The molecule has 0 aliphatic heterocycles. The van der Waals surface area contributed by atoms with Gasteiger partial charge >= 0.3 is 24.6 Å². The lowest BCUT2D eigenvalue weighted by molar-refractivity contribution is -0.215. The molecule has 1 atom stereocenters. The predicted octanol–water partition coefficient (Wildman–Crippen LogP) is 4.12. The van der Waals surface area contributed by atoms with Gasteiger partial charge in [-0.3, -0.25) is 0 Å². The Kier molecular flexibility index (Phi) is 16.1. The normalized spacial score (nSPS) is 10.6. The van der Waals surface area contributed by atoms with Crippen LogP contribution in [0.5, 0.6) is 0 Å². The summed E-state index contributed by atoms with van der Waals surface area (Å²) in [6.45, 7) is 7.48. The van der Waals surface area contributed by atoms with Crippen LogP contribution < -0.4 is 0 Å². The quantitative estimate of drug-likeness (QED) is 0.358. The zero-order valence-electron chi connectivity index (χ0n) is 15.7. The molecule has 12 nitrogen and oxygen atoms in total. The van der Waals surface area contributed by atoms with Gasteiger partial charge in [0.05, 0.1) is 12.7 Å². The van der Waals surface area contributed by atoms with Gasteiger partial charge in [-0.05, 0) is 26.2 Å². The highest BCUT2D eigenvalue weighted by Gasteiger charge is 2.13. The summed E-state index contributed by atoms with van der Waals surface area (Å²) in [7, 11) is 0. The van der Waals surface area contributed by atoms with Crippen LogP contribution in [0.2, 0.25) is 0 Å². The van der Waals surface area contributed by atoms with Crippen LogP contribution in [0.15, 0.2) is 0 Å². The molecule has 12 heteroatoms. The largest absolute Gasteiger partial charge is 0.550 e. The highest BCUT2D eigenvalue weighted by Crippen LogP contribution is 2.13. The molecular formula is C15H26O12. The van der Waals surface area contributed by atoms with Gasteiger partial charge in [-0.15, -0.1) is 0 Å². The number of carboxylic acid groups (broad SMARTS) is 2. The van der Waals surface area contributed by atoms with Gasteiger partial charge in [-0.2, -0.15) is 19.4 Å². The molecule has 1 unspecified atom stereocenters. The number of unbranched alkanes of at least 4 members (excludes halogenated alkanes) is 1. The van der Waals surface area contributed by atoms with Crippen molar-refractivity contribution in [3.05, 3.63) is 0 Å². The summed E-state index contributed by atoms with van der Waals surface area (Å²) >= 11 is 0. The Labute approximate surface area is 156 Å². The fourth-order valence-electron chi connectivity index (χ4n) is 1.46. The summed E-state index contributed by atoms with van der Waals surface area (Å²) in [6.07, 6.45) is -2.04. The van der Waals surface area contributed by atoms with E-state index in [0.29, 0.717) is 0 Å². The van der Waals surface area contributed by atoms with E-state index in [9.17, 15) is 19.2 Å². The lowest BCUT2D eigenvalue weighted by Crippen LogP contribution is -2.16. The molecule has 0 fully saturated rings. The third kappa shape index (κ3) is 21.0. The van der Waals surface area contributed by atoms with Crippen LogP contribution in [-0.4, -0.2) is 47.5 Å². The molecule has 0 heterocycles. The van der Waals surface area contributed by atoms with Crippen molar-refractivity contribution >= 4 is 24.6 Å². The molecule has 0 aromatic carbocycles. The molecule has 0 aliphatic carbocycles. The predicted molar refractivity (Wildman–Crippen MR) is 86.7 cm³/mol. The number of carbonyl (C=O) groups excluding carboxylic acids is 2. The van der Waals surface area contributed by atoms with Gasteiger partial charge in [0.15, 0.2) is 0 Å². The Morgan fingerprint density at radius 3 is 1.78 bits per heavy atom. The first-order chi connectivity index (χ1) is 12.6. The van der Waals surface area contributed by atoms with E-state index in [1.165, 1.54) is 0 Å². The Balaban J connectivity index is 0. The molecule has 27 heavy (non-hydrogen) atoms. The summed E-state index contributed by atoms with van der Waals surface area (Å²) in [5.41, 5.74) is 0. The number of carbonyl (C=O) groups is 4. The van der Waals surface area contributed by atoms with Crippen LogP contribution >= 0.6 is 0 Å². The van der Waals surface area contributed by atoms with E-state index in [-0.39, 0.29) is 18.6 Å². The van der Waals surface area contributed by atoms with E-state index in [0.717, 1.165) is 25.7 Å². The van der Waals surface area contributed by atoms with Crippen molar-refractivity contribution < 1.29 is 58.4 Å². The van der Waals surface area contributed by atoms with Gasteiger partial charge in [0.25, 0.3) is 0 Å². The summed E-state index contributed by atoms with van der Waals surface area (Å²) in [4.78, 5) is 55.2. The SMILES string of the molecule is CC(C)OC(=O)OOC(=O)O.CCCCC(CC)COC(=O)OOC(=O)O. The van der Waals surface area contributed by atoms with Gasteiger partial charge < -0.3 is 19.7 Å². The van der Waals surface area contributed by atoms with Crippen LogP contribution in [0.1, 0.15) is 53.4 Å². The maximum atomic E-state index is 10.8. The maximum Gasteiger partial charge on any atom is 0.550 e. The zero-order valence-corrected chi connectivity index (χ0v) is 15.7. The first kappa shape index (κ1) is 26.3. The Hall–Kier alpha value is -2.92. The van der Waals surface area contributed by atoms with E-state index in [1.807, 2.05) is 6.92 Å². The fourth-order valence-corrected chi connectivity index (χ4v) is 1.46. The van der Waals surface area contributed by atoms with Crippen molar-refractivity contribution in [3.8, 4) is 0 Å². The second-order valence-electron chi connectivity index (χ2n) is 5.26. The van der Waals surface area contributed by atoms with Crippen LogP contribution in [0.3, 0.4) is 0 Å². The number of hydrogen-bond donors (Lipinski definition) is 2. The zero-order chi connectivity index (χ0) is 21.2. The molecule has 2 N–H and O–H groups in total. The molecule has 0 rings (SSSR count). The van der Waals surface area contributed by atoms with E-state index in [4.69, 9.17) is 14.9 Å². The molecule has 0 aromatic heterocycles. The monoisotopic (exact) mass is 398 g/mol. The minimum Gasteiger partial charge on any atom is -0.447 e. The Morgan fingerprint density at radius 1 is 0.852 bits per heavy atom. The summed E-state index contributed by atoms with van der Waals surface area (Å²) in [5.74, 6) is 0.275. The van der Waals surface area contributed by atoms with Gasteiger partial charge in [-0.1, -0.05) is 33.1 Å². The third-order valence-electron chi connectivity index (χ3n) is 2.67. The molecule has 158 valence electrons. The van der Waals surface area contributed by atoms with E-state index >= 15 is 0 Å². The Morgan fingerprint density at radius 2 is 1.37 bits per heavy atom. The van der Waals surface area contributed by atoms with E-state index < -0.39 is 24.6 Å². The first-order valence-electron chi connectivity index (χ1n) is 8.14. The number of rotatable bonds is 7. The average molecular weight is 398 g/mol. The van der Waals surface area contributed by atoms with Crippen molar-refractivity contribution in [1.82, 2.24) is 0 Å². The van der Waals surface area contributed by atoms with Crippen LogP contribution in [-0.2, 0) is 29.0 Å². The van der Waals surface area contributed by atoms with Crippen molar-refractivity contribution in [1.29, 1.82) is 0 Å². The van der Waals surface area contributed by atoms with Crippen molar-refractivity contribution in [2.45, 2.75) is 59.5 Å². The number of ether oxygens (including phenoxy) is 2. The fraction of sp³-hybridized carbons (Fsp3) is 0.733. The van der Waals surface area contributed by atoms with Crippen LogP contribution in [0.4, 0.5) is 19.2 Å². The Bertz CT molecular complexity index is 448. The van der Waals surface area contributed by atoms with E-state index in [1.54, 1.807) is 13.8 Å². The van der Waals surface area contributed by atoms with Crippen LogP contribution in [0.25, 0.3) is 0 Å². The molecule has 0 bridgehead atoms. The smallest absolute Gasteiger partial charge is 0.447 e. The minimum absolute atomic E-state index is 0.221. The third-order valence-corrected chi connectivity index (χ3v) is 2.67. The molecule has 0 aliphatic rings.